The number of hydrogen-bond acceptors (Lipinski definition) is 3. The predicted molar refractivity (Wildman–Crippen MR) is 85.7 cm³/mol. The number of rotatable bonds is 6. The lowest BCUT2D eigenvalue weighted by molar-refractivity contribution is 0.177. The molecule has 0 bridgehead atoms. The van der Waals surface area contributed by atoms with Gasteiger partial charge in [0.25, 0.3) is 0 Å². The zero-order valence-electron chi connectivity index (χ0n) is 12.0. The minimum absolute atomic E-state index is 0.0875. The van der Waals surface area contributed by atoms with E-state index < -0.39 is 0 Å². The average Bonchev–Trinajstić information content (AvgIpc) is 2.47. The summed E-state index contributed by atoms with van der Waals surface area (Å²) in [5.41, 5.74) is 8.02. The summed E-state index contributed by atoms with van der Waals surface area (Å²) in [4.78, 5) is 0. The van der Waals surface area contributed by atoms with Gasteiger partial charge in [0.05, 0.1) is 0 Å². The summed E-state index contributed by atoms with van der Waals surface area (Å²) in [7, 11) is 0. The van der Waals surface area contributed by atoms with Gasteiger partial charge in [-0.25, -0.2) is 0 Å². The van der Waals surface area contributed by atoms with Crippen molar-refractivity contribution in [1.82, 2.24) is 0 Å². The number of benzene rings is 2. The standard InChI is InChI=1S/C17H20ClNO2/c1-12(19)17(14-6-8-15(18)9-7-14)21-16-5-3-2-4-13(16)10-11-20/h2-9,12,17,20H,10-11,19H2,1H3. The van der Waals surface area contributed by atoms with Gasteiger partial charge in [-0.15, -0.1) is 0 Å². The third-order valence-electron chi connectivity index (χ3n) is 3.28. The van der Waals surface area contributed by atoms with E-state index >= 15 is 0 Å². The largest absolute Gasteiger partial charge is 0.484 e. The molecule has 2 rings (SSSR count). The molecule has 0 aromatic heterocycles. The first-order valence-corrected chi connectivity index (χ1v) is 7.36. The molecule has 0 heterocycles. The van der Waals surface area contributed by atoms with E-state index in [-0.39, 0.29) is 18.8 Å². The number of para-hydroxylation sites is 1. The Morgan fingerprint density at radius 1 is 1.14 bits per heavy atom. The molecule has 112 valence electrons. The van der Waals surface area contributed by atoms with E-state index in [4.69, 9.17) is 27.2 Å². The van der Waals surface area contributed by atoms with Gasteiger partial charge in [0.15, 0.2) is 0 Å². The molecule has 0 saturated carbocycles. The van der Waals surface area contributed by atoms with Crippen molar-refractivity contribution in [3.8, 4) is 5.75 Å². The molecule has 2 unspecified atom stereocenters. The van der Waals surface area contributed by atoms with Gasteiger partial charge in [-0.1, -0.05) is 41.9 Å². The molecule has 0 spiro atoms. The molecular formula is C17H20ClNO2. The number of ether oxygens (including phenoxy) is 1. The summed E-state index contributed by atoms with van der Waals surface area (Å²) in [6.07, 6.45) is 0.296. The minimum Gasteiger partial charge on any atom is -0.484 e. The van der Waals surface area contributed by atoms with Crippen molar-refractivity contribution in [2.75, 3.05) is 6.61 Å². The van der Waals surface area contributed by atoms with Crippen molar-refractivity contribution in [1.29, 1.82) is 0 Å². The molecule has 2 aromatic carbocycles. The molecule has 2 atom stereocenters. The lowest BCUT2D eigenvalue weighted by atomic mass is 10.0. The van der Waals surface area contributed by atoms with Crippen LogP contribution < -0.4 is 10.5 Å². The van der Waals surface area contributed by atoms with E-state index in [2.05, 4.69) is 0 Å². The van der Waals surface area contributed by atoms with E-state index in [0.717, 1.165) is 16.9 Å². The molecule has 21 heavy (non-hydrogen) atoms. The number of nitrogens with two attached hydrogens (primary N) is 1. The van der Waals surface area contributed by atoms with Crippen LogP contribution in [0.5, 0.6) is 5.75 Å². The summed E-state index contributed by atoms with van der Waals surface area (Å²) >= 11 is 5.92. The fourth-order valence-corrected chi connectivity index (χ4v) is 2.34. The molecule has 0 amide bonds. The molecule has 0 radical (unpaired) electrons. The van der Waals surface area contributed by atoms with Gasteiger partial charge in [-0.2, -0.15) is 0 Å². The van der Waals surface area contributed by atoms with Gasteiger partial charge < -0.3 is 15.6 Å². The number of hydrogen-bond donors (Lipinski definition) is 2. The van der Waals surface area contributed by atoms with Crippen LogP contribution in [0.4, 0.5) is 0 Å². The second-order valence-electron chi connectivity index (χ2n) is 5.03. The molecule has 2 aromatic rings. The summed E-state index contributed by atoms with van der Waals surface area (Å²) in [5.74, 6) is 0.754. The first-order chi connectivity index (χ1) is 10.1. The fraction of sp³-hybridized carbons (Fsp3) is 0.294. The van der Waals surface area contributed by atoms with Gasteiger partial charge in [0, 0.05) is 17.7 Å². The second-order valence-corrected chi connectivity index (χ2v) is 5.47. The molecule has 0 aliphatic carbocycles. The third kappa shape index (κ3) is 4.21. The lowest BCUT2D eigenvalue weighted by Gasteiger charge is -2.24. The highest BCUT2D eigenvalue weighted by molar-refractivity contribution is 6.30. The highest BCUT2D eigenvalue weighted by atomic mass is 35.5. The predicted octanol–water partition coefficient (Wildman–Crippen LogP) is 3.34. The molecule has 0 saturated heterocycles. The zero-order chi connectivity index (χ0) is 15.2. The van der Waals surface area contributed by atoms with Crippen molar-refractivity contribution in [2.45, 2.75) is 25.5 Å². The van der Waals surface area contributed by atoms with Crippen LogP contribution in [-0.4, -0.2) is 17.8 Å². The van der Waals surface area contributed by atoms with Crippen LogP contribution in [0.2, 0.25) is 5.02 Å². The van der Waals surface area contributed by atoms with Crippen LogP contribution in [-0.2, 0) is 6.42 Å². The van der Waals surface area contributed by atoms with E-state index in [0.29, 0.717) is 11.4 Å². The van der Waals surface area contributed by atoms with Gasteiger partial charge in [0.1, 0.15) is 11.9 Å². The second kappa shape index (κ2) is 7.46. The van der Waals surface area contributed by atoms with Crippen molar-refractivity contribution in [3.05, 3.63) is 64.7 Å². The monoisotopic (exact) mass is 305 g/mol. The zero-order valence-corrected chi connectivity index (χ0v) is 12.8. The number of aliphatic hydroxyl groups is 1. The van der Waals surface area contributed by atoms with E-state index in [9.17, 15) is 0 Å². The summed E-state index contributed by atoms with van der Waals surface area (Å²) in [6.45, 7) is 2.00. The molecule has 4 heteroatoms. The maximum absolute atomic E-state index is 9.14. The van der Waals surface area contributed by atoms with Crippen LogP contribution in [0, 0.1) is 0 Å². The SMILES string of the molecule is CC(N)C(Oc1ccccc1CCO)c1ccc(Cl)cc1. The topological polar surface area (TPSA) is 55.5 Å². The average molecular weight is 306 g/mol. The Morgan fingerprint density at radius 2 is 1.81 bits per heavy atom. The van der Waals surface area contributed by atoms with Crippen LogP contribution in [0.15, 0.2) is 48.5 Å². The maximum atomic E-state index is 9.14. The molecular weight excluding hydrogens is 286 g/mol. The van der Waals surface area contributed by atoms with Gasteiger partial charge in [-0.3, -0.25) is 0 Å². The Kier molecular flexibility index (Phi) is 5.62. The summed E-state index contributed by atoms with van der Waals surface area (Å²) < 4.78 is 6.11. The Labute approximate surface area is 130 Å². The summed E-state index contributed by atoms with van der Waals surface area (Å²) in [5, 5.41) is 9.82. The van der Waals surface area contributed by atoms with Gasteiger partial charge in [-0.05, 0) is 42.7 Å². The van der Waals surface area contributed by atoms with Gasteiger partial charge in [0.2, 0.25) is 0 Å². The fourth-order valence-electron chi connectivity index (χ4n) is 2.21. The van der Waals surface area contributed by atoms with Crippen molar-refractivity contribution in [2.24, 2.45) is 5.73 Å². The molecule has 3 N–H and O–H groups in total. The number of halogens is 1. The van der Waals surface area contributed by atoms with E-state index in [1.54, 1.807) is 0 Å². The van der Waals surface area contributed by atoms with Crippen LogP contribution in [0.1, 0.15) is 24.2 Å². The molecule has 0 fully saturated rings. The van der Waals surface area contributed by atoms with Crippen LogP contribution in [0.3, 0.4) is 0 Å². The Morgan fingerprint density at radius 3 is 2.43 bits per heavy atom. The van der Waals surface area contributed by atoms with E-state index in [1.165, 1.54) is 0 Å². The van der Waals surface area contributed by atoms with Crippen LogP contribution in [0.25, 0.3) is 0 Å². The summed E-state index contributed by atoms with van der Waals surface area (Å²) in [6, 6.07) is 15.0. The Balaban J connectivity index is 2.26. The Hall–Kier alpha value is -1.55. The lowest BCUT2D eigenvalue weighted by Crippen LogP contribution is -2.29. The normalized spacial score (nSPS) is 13.7. The van der Waals surface area contributed by atoms with Crippen molar-refractivity contribution >= 4 is 11.6 Å². The first kappa shape index (κ1) is 15.8. The molecule has 0 aliphatic rings. The number of aliphatic hydroxyl groups excluding tert-OH is 1. The highest BCUT2D eigenvalue weighted by Gasteiger charge is 2.19. The van der Waals surface area contributed by atoms with Crippen molar-refractivity contribution < 1.29 is 9.84 Å². The van der Waals surface area contributed by atoms with Crippen LogP contribution >= 0.6 is 11.6 Å². The van der Waals surface area contributed by atoms with E-state index in [1.807, 2.05) is 55.5 Å². The highest BCUT2D eigenvalue weighted by Crippen LogP contribution is 2.28. The van der Waals surface area contributed by atoms with Crippen molar-refractivity contribution in [3.63, 3.8) is 0 Å². The smallest absolute Gasteiger partial charge is 0.138 e. The molecule has 0 aliphatic heterocycles. The van der Waals surface area contributed by atoms with Gasteiger partial charge >= 0.3 is 0 Å². The quantitative estimate of drug-likeness (QED) is 0.860. The molecule has 3 nitrogen and oxygen atoms in total. The maximum Gasteiger partial charge on any atom is 0.138 e. The first-order valence-electron chi connectivity index (χ1n) is 6.98. The third-order valence-corrected chi connectivity index (χ3v) is 3.54. The Bertz CT molecular complexity index is 569. The minimum atomic E-state index is -0.262.